The number of oxime groups is 1. The number of nitrogens with two attached hydrogens (primary N) is 1. The molecule has 2 saturated heterocycles. The number of thiazole rings is 1. The SMILES string of the molecule is Nc1nc(/C(=N/OC2CCCC2)C(=O)N[C@@H]2C(=O)N3C(C(=O)O)=C(/C=C4\CCN(c5ccc(O)cc5)C4=O)CC[C@H]23)cs1. The largest absolute Gasteiger partial charge is 0.508 e. The monoisotopic (exact) mass is 606 g/mol. The molecular formula is C29H30N6O7S. The molecule has 0 bridgehead atoms. The van der Waals surface area contributed by atoms with Crippen molar-refractivity contribution in [2.75, 3.05) is 17.2 Å². The molecule has 6 rings (SSSR count). The van der Waals surface area contributed by atoms with Crippen LogP contribution in [-0.4, -0.2) is 74.2 Å². The molecule has 0 spiro atoms. The molecule has 14 heteroatoms. The summed E-state index contributed by atoms with van der Waals surface area (Å²) in [6.07, 6.45) is 6.25. The fraction of sp³-hybridized carbons (Fsp3) is 0.379. The first-order chi connectivity index (χ1) is 20.7. The van der Waals surface area contributed by atoms with Crippen LogP contribution in [0.15, 0.2) is 57.7 Å². The third-order valence-electron chi connectivity index (χ3n) is 8.17. The molecule has 0 radical (unpaired) electrons. The summed E-state index contributed by atoms with van der Waals surface area (Å²) in [5, 5.41) is 28.3. The highest BCUT2D eigenvalue weighted by Crippen LogP contribution is 2.38. The Morgan fingerprint density at radius 3 is 2.56 bits per heavy atom. The van der Waals surface area contributed by atoms with E-state index in [2.05, 4.69) is 15.5 Å². The van der Waals surface area contributed by atoms with Crippen molar-refractivity contribution in [3.05, 3.63) is 58.3 Å². The molecule has 2 aromatic rings. The minimum absolute atomic E-state index is 0.0848. The highest BCUT2D eigenvalue weighted by Gasteiger charge is 2.53. The van der Waals surface area contributed by atoms with E-state index in [1.807, 2.05) is 0 Å². The van der Waals surface area contributed by atoms with Gasteiger partial charge in [-0.25, -0.2) is 9.78 Å². The van der Waals surface area contributed by atoms with Gasteiger partial charge in [0, 0.05) is 23.2 Å². The molecule has 4 heterocycles. The van der Waals surface area contributed by atoms with Crippen LogP contribution in [0, 0.1) is 0 Å². The summed E-state index contributed by atoms with van der Waals surface area (Å²) in [6.45, 7) is 0.406. The molecule has 1 saturated carbocycles. The maximum Gasteiger partial charge on any atom is 0.352 e. The van der Waals surface area contributed by atoms with Crippen molar-refractivity contribution >= 4 is 51.6 Å². The number of carboxylic acids is 1. The van der Waals surface area contributed by atoms with Crippen molar-refractivity contribution in [1.82, 2.24) is 15.2 Å². The van der Waals surface area contributed by atoms with Crippen LogP contribution in [0.1, 0.15) is 50.6 Å². The number of carboxylic acid groups (broad SMARTS) is 1. The van der Waals surface area contributed by atoms with Crippen LogP contribution in [0.5, 0.6) is 5.75 Å². The fourth-order valence-corrected chi connectivity index (χ4v) is 6.55. The zero-order chi connectivity index (χ0) is 30.2. The van der Waals surface area contributed by atoms with E-state index in [-0.39, 0.29) is 40.0 Å². The van der Waals surface area contributed by atoms with E-state index < -0.39 is 29.9 Å². The van der Waals surface area contributed by atoms with Gasteiger partial charge in [0.25, 0.3) is 17.7 Å². The van der Waals surface area contributed by atoms with Gasteiger partial charge in [0.15, 0.2) is 10.8 Å². The number of nitrogen functional groups attached to an aromatic ring is 1. The molecule has 3 amide bonds. The Bertz CT molecular complexity index is 1570. The summed E-state index contributed by atoms with van der Waals surface area (Å²) >= 11 is 1.14. The lowest BCUT2D eigenvalue weighted by Crippen LogP contribution is -2.72. The summed E-state index contributed by atoms with van der Waals surface area (Å²) in [7, 11) is 0. The van der Waals surface area contributed by atoms with Gasteiger partial charge in [0.2, 0.25) is 0 Å². The average molecular weight is 607 g/mol. The lowest BCUT2D eigenvalue weighted by molar-refractivity contribution is -0.155. The number of carbonyl (C=O) groups is 4. The summed E-state index contributed by atoms with van der Waals surface area (Å²) in [6, 6.07) is 4.72. The molecule has 5 N–H and O–H groups in total. The van der Waals surface area contributed by atoms with E-state index in [9.17, 15) is 29.4 Å². The van der Waals surface area contributed by atoms with Crippen LogP contribution in [0.2, 0.25) is 0 Å². The average Bonchev–Trinajstić information content (AvgIpc) is 3.75. The molecule has 13 nitrogen and oxygen atoms in total. The summed E-state index contributed by atoms with van der Waals surface area (Å²) in [5.74, 6) is -2.70. The minimum Gasteiger partial charge on any atom is -0.508 e. The number of phenols is 1. The molecule has 3 aliphatic heterocycles. The first kappa shape index (κ1) is 28.4. The summed E-state index contributed by atoms with van der Waals surface area (Å²) in [4.78, 5) is 64.6. The van der Waals surface area contributed by atoms with Crippen LogP contribution < -0.4 is 16.0 Å². The van der Waals surface area contributed by atoms with Crippen molar-refractivity contribution in [2.45, 2.75) is 63.1 Å². The molecule has 1 aliphatic carbocycles. The number of aromatic hydroxyl groups is 1. The van der Waals surface area contributed by atoms with Crippen LogP contribution in [0.4, 0.5) is 10.8 Å². The van der Waals surface area contributed by atoms with Crippen molar-refractivity contribution in [3.63, 3.8) is 0 Å². The first-order valence-electron chi connectivity index (χ1n) is 14.1. The Hall–Kier alpha value is -4.72. The number of carbonyl (C=O) groups excluding carboxylic acids is 3. The highest BCUT2D eigenvalue weighted by atomic mass is 32.1. The summed E-state index contributed by atoms with van der Waals surface area (Å²) in [5.41, 5.74) is 7.14. The van der Waals surface area contributed by atoms with E-state index in [4.69, 9.17) is 10.6 Å². The van der Waals surface area contributed by atoms with Gasteiger partial charge in [0.05, 0.1) is 6.04 Å². The van der Waals surface area contributed by atoms with Gasteiger partial charge in [-0.3, -0.25) is 19.3 Å². The second kappa shape index (κ2) is 11.5. The predicted octanol–water partition coefficient (Wildman–Crippen LogP) is 2.29. The normalized spacial score (nSPS) is 23.5. The van der Waals surface area contributed by atoms with Gasteiger partial charge < -0.3 is 31.0 Å². The van der Waals surface area contributed by atoms with Gasteiger partial charge in [-0.1, -0.05) is 5.16 Å². The lowest BCUT2D eigenvalue weighted by atomic mass is 9.82. The number of nitrogens with zero attached hydrogens (tertiary/aromatic N) is 4. The third kappa shape index (κ3) is 5.45. The zero-order valence-electron chi connectivity index (χ0n) is 23.1. The first-order valence-corrected chi connectivity index (χ1v) is 15.0. The maximum atomic E-state index is 13.3. The Labute approximate surface area is 250 Å². The molecule has 3 fully saturated rings. The molecule has 0 unspecified atom stereocenters. The topological polar surface area (TPSA) is 188 Å². The molecule has 1 aromatic heterocycles. The number of fused-ring (bicyclic) bond motifs is 1. The molecule has 4 aliphatic rings. The number of aromatic nitrogens is 1. The van der Waals surface area contributed by atoms with Crippen LogP contribution in [0.25, 0.3) is 0 Å². The van der Waals surface area contributed by atoms with E-state index in [0.29, 0.717) is 42.6 Å². The third-order valence-corrected chi connectivity index (χ3v) is 8.85. The zero-order valence-corrected chi connectivity index (χ0v) is 23.9. The molecule has 224 valence electrons. The van der Waals surface area contributed by atoms with Crippen molar-refractivity contribution in [2.24, 2.45) is 5.16 Å². The Morgan fingerprint density at radius 1 is 1.14 bits per heavy atom. The smallest absolute Gasteiger partial charge is 0.352 e. The standard InChI is InChI=1S/C29H30N6O7S/c30-29-31-20(14-43-29)22(33-42-19-3-1-2-4-19)25(37)32-23-21-10-5-15(24(28(40)41)35(21)27(23)39)13-16-11-12-34(26(16)38)17-6-8-18(36)9-7-17/h6-9,13-14,19,21,23,36H,1-5,10-12H2,(H2,30,31)(H,32,37)(H,40,41)/b16-13+,33-22-/t21-,23+/m1/s1. The quantitative estimate of drug-likeness (QED) is 0.151. The number of benzene rings is 1. The van der Waals surface area contributed by atoms with E-state index in [1.165, 1.54) is 17.0 Å². The lowest BCUT2D eigenvalue weighted by Gasteiger charge is -2.50. The van der Waals surface area contributed by atoms with Crippen molar-refractivity contribution in [3.8, 4) is 5.75 Å². The highest BCUT2D eigenvalue weighted by molar-refractivity contribution is 7.13. The van der Waals surface area contributed by atoms with Crippen molar-refractivity contribution < 1.29 is 34.2 Å². The second-order valence-electron chi connectivity index (χ2n) is 10.9. The minimum atomic E-state index is -1.29. The predicted molar refractivity (Wildman–Crippen MR) is 156 cm³/mol. The number of aliphatic carboxylic acids is 1. The Kier molecular flexibility index (Phi) is 7.61. The van der Waals surface area contributed by atoms with Gasteiger partial charge in [-0.2, -0.15) is 0 Å². The summed E-state index contributed by atoms with van der Waals surface area (Å²) < 4.78 is 0. The molecular weight excluding hydrogens is 576 g/mol. The number of nitrogens with one attached hydrogen (secondary N) is 1. The number of rotatable bonds is 8. The van der Waals surface area contributed by atoms with Gasteiger partial charge in [-0.05, 0) is 80.9 Å². The van der Waals surface area contributed by atoms with Crippen molar-refractivity contribution in [1.29, 1.82) is 0 Å². The van der Waals surface area contributed by atoms with Gasteiger partial charge in [0.1, 0.15) is 29.3 Å². The Morgan fingerprint density at radius 2 is 1.88 bits per heavy atom. The van der Waals surface area contributed by atoms with E-state index >= 15 is 0 Å². The van der Waals surface area contributed by atoms with E-state index in [0.717, 1.165) is 37.0 Å². The molecule has 43 heavy (non-hydrogen) atoms. The van der Waals surface area contributed by atoms with Crippen LogP contribution in [-0.2, 0) is 24.0 Å². The molecule has 1 aromatic carbocycles. The van der Waals surface area contributed by atoms with E-state index in [1.54, 1.807) is 28.5 Å². The fourth-order valence-electron chi connectivity index (χ4n) is 6.00. The van der Waals surface area contributed by atoms with Gasteiger partial charge >= 0.3 is 5.97 Å². The number of allylic oxidation sites excluding steroid dienone is 2. The van der Waals surface area contributed by atoms with Crippen LogP contribution in [0.3, 0.4) is 0 Å². The second-order valence-corrected chi connectivity index (χ2v) is 11.7. The van der Waals surface area contributed by atoms with Crippen LogP contribution >= 0.6 is 11.3 Å². The number of hydrogen-bond acceptors (Lipinski definition) is 10. The number of phenolic OH excluding ortho intramolecular Hbond substituents is 1. The number of anilines is 2. The number of amides is 3. The van der Waals surface area contributed by atoms with Gasteiger partial charge in [-0.15, -0.1) is 11.3 Å². The number of β-lactam (4-membered cyclic amide) rings is 1. The molecule has 2 atom stereocenters. The Balaban J connectivity index is 1.19. The maximum absolute atomic E-state index is 13.3. The number of hydrogen-bond donors (Lipinski definition) is 4.